The highest BCUT2D eigenvalue weighted by atomic mass is 32.2. The average molecular weight is 311 g/mol. The van der Waals surface area contributed by atoms with Crippen molar-refractivity contribution in [2.75, 3.05) is 12.3 Å². The van der Waals surface area contributed by atoms with Gasteiger partial charge in [-0.05, 0) is 19.4 Å². The summed E-state index contributed by atoms with van der Waals surface area (Å²) in [6.07, 6.45) is 2.03. The van der Waals surface area contributed by atoms with Gasteiger partial charge in [0.2, 0.25) is 5.91 Å². The van der Waals surface area contributed by atoms with E-state index in [0.717, 1.165) is 22.5 Å². The summed E-state index contributed by atoms with van der Waals surface area (Å²) in [4.78, 5) is 32.3. The van der Waals surface area contributed by atoms with Gasteiger partial charge in [0, 0.05) is 11.4 Å². The number of aromatic nitrogens is 2. The van der Waals surface area contributed by atoms with Crippen LogP contribution < -0.4 is 10.9 Å². The number of thioether (sulfide) groups is 1. The fraction of sp³-hybridized carbons (Fsp3) is 0.462. The van der Waals surface area contributed by atoms with E-state index in [1.54, 1.807) is 0 Å². The van der Waals surface area contributed by atoms with Crippen molar-refractivity contribution in [2.24, 2.45) is 0 Å². The Morgan fingerprint density at radius 2 is 2.35 bits per heavy atom. The van der Waals surface area contributed by atoms with Crippen molar-refractivity contribution in [2.45, 2.75) is 31.8 Å². The van der Waals surface area contributed by atoms with Gasteiger partial charge in [0.25, 0.3) is 5.56 Å². The third kappa shape index (κ3) is 3.83. The lowest BCUT2D eigenvalue weighted by molar-refractivity contribution is -0.118. The first kappa shape index (κ1) is 15.1. The Kier molecular flexibility index (Phi) is 5.19. The molecule has 5 nitrogen and oxygen atoms in total. The number of nitrogens with zero attached hydrogens (tertiary/aromatic N) is 1. The van der Waals surface area contributed by atoms with E-state index in [9.17, 15) is 9.59 Å². The maximum atomic E-state index is 11.9. The Hall–Kier alpha value is -1.34. The smallest absolute Gasteiger partial charge is 0.260 e. The molecule has 0 atom stereocenters. The van der Waals surface area contributed by atoms with Crippen LogP contribution in [0, 0.1) is 6.92 Å². The molecule has 7 heteroatoms. The zero-order chi connectivity index (χ0) is 14.5. The van der Waals surface area contributed by atoms with Crippen molar-refractivity contribution in [1.29, 1.82) is 0 Å². The molecular formula is C13H17N3O2S2. The summed E-state index contributed by atoms with van der Waals surface area (Å²) in [7, 11) is 0. The van der Waals surface area contributed by atoms with Crippen LogP contribution in [-0.4, -0.2) is 28.2 Å². The lowest BCUT2D eigenvalue weighted by atomic mass is 10.3. The molecule has 2 aromatic heterocycles. The molecule has 0 aromatic carbocycles. The van der Waals surface area contributed by atoms with Crippen LogP contribution in [0.15, 0.2) is 16.0 Å². The number of H-pyrrole nitrogens is 1. The number of aromatic amines is 1. The first-order chi connectivity index (χ1) is 9.60. The molecular weight excluding hydrogens is 294 g/mol. The number of fused-ring (bicyclic) bond motifs is 1. The standard InChI is InChI=1S/C13H17N3O2S2/c1-3-4-5-14-10(17)7-19-13-15-11(18)9-6-8(2)20-12(9)16-13/h6H,3-5,7H2,1-2H3,(H,14,17)(H,15,16,18). The van der Waals surface area contributed by atoms with E-state index < -0.39 is 0 Å². The van der Waals surface area contributed by atoms with E-state index in [2.05, 4.69) is 22.2 Å². The fourth-order valence-electron chi connectivity index (χ4n) is 1.69. The van der Waals surface area contributed by atoms with Crippen LogP contribution in [0.5, 0.6) is 0 Å². The largest absolute Gasteiger partial charge is 0.355 e. The minimum Gasteiger partial charge on any atom is -0.355 e. The highest BCUT2D eigenvalue weighted by molar-refractivity contribution is 7.99. The first-order valence-electron chi connectivity index (χ1n) is 6.50. The van der Waals surface area contributed by atoms with Gasteiger partial charge in [0.05, 0.1) is 11.1 Å². The summed E-state index contributed by atoms with van der Waals surface area (Å²) in [6, 6.07) is 1.83. The Labute approximate surface area is 125 Å². The molecule has 0 fully saturated rings. The molecule has 0 unspecified atom stereocenters. The Balaban J connectivity index is 1.99. The molecule has 2 heterocycles. The van der Waals surface area contributed by atoms with Crippen LogP contribution >= 0.6 is 23.1 Å². The van der Waals surface area contributed by atoms with Gasteiger partial charge in [-0.1, -0.05) is 25.1 Å². The van der Waals surface area contributed by atoms with Crippen molar-refractivity contribution in [3.63, 3.8) is 0 Å². The van der Waals surface area contributed by atoms with Gasteiger partial charge >= 0.3 is 0 Å². The quantitative estimate of drug-likeness (QED) is 0.488. The van der Waals surface area contributed by atoms with Gasteiger partial charge < -0.3 is 10.3 Å². The van der Waals surface area contributed by atoms with Crippen LogP contribution in [0.25, 0.3) is 10.2 Å². The molecule has 20 heavy (non-hydrogen) atoms. The third-order valence-electron chi connectivity index (χ3n) is 2.70. The lowest BCUT2D eigenvalue weighted by Crippen LogP contribution is -2.26. The number of hydrogen-bond acceptors (Lipinski definition) is 5. The predicted octanol–water partition coefficient (Wildman–Crippen LogP) is 2.30. The summed E-state index contributed by atoms with van der Waals surface area (Å²) in [5.41, 5.74) is -0.145. The van der Waals surface area contributed by atoms with E-state index in [0.29, 0.717) is 17.1 Å². The van der Waals surface area contributed by atoms with E-state index >= 15 is 0 Å². The molecule has 0 aliphatic carbocycles. The lowest BCUT2D eigenvalue weighted by Gasteiger charge is -2.03. The zero-order valence-electron chi connectivity index (χ0n) is 11.5. The summed E-state index contributed by atoms with van der Waals surface area (Å²) < 4.78 is 0. The van der Waals surface area contributed by atoms with Gasteiger partial charge in [0.15, 0.2) is 5.16 Å². The summed E-state index contributed by atoms with van der Waals surface area (Å²) in [5, 5.41) is 3.94. The minimum absolute atomic E-state index is 0.0337. The topological polar surface area (TPSA) is 74.8 Å². The van der Waals surface area contributed by atoms with Crippen molar-refractivity contribution in [1.82, 2.24) is 15.3 Å². The highest BCUT2D eigenvalue weighted by Crippen LogP contribution is 2.22. The summed E-state index contributed by atoms with van der Waals surface area (Å²) in [5.74, 6) is 0.233. The molecule has 0 aliphatic heterocycles. The minimum atomic E-state index is -0.145. The number of unbranched alkanes of at least 4 members (excludes halogenated alkanes) is 1. The maximum Gasteiger partial charge on any atom is 0.260 e. The number of nitrogens with one attached hydrogen (secondary N) is 2. The van der Waals surface area contributed by atoms with Gasteiger partial charge in [0.1, 0.15) is 4.83 Å². The zero-order valence-corrected chi connectivity index (χ0v) is 13.1. The number of carbonyl (C=O) groups excluding carboxylic acids is 1. The number of thiophene rings is 1. The third-order valence-corrected chi connectivity index (χ3v) is 4.51. The molecule has 2 rings (SSSR count). The average Bonchev–Trinajstić information content (AvgIpc) is 2.78. The fourth-order valence-corrected chi connectivity index (χ4v) is 3.32. The van der Waals surface area contributed by atoms with Crippen molar-refractivity contribution in [3.8, 4) is 0 Å². The number of amides is 1. The molecule has 2 N–H and O–H groups in total. The highest BCUT2D eigenvalue weighted by Gasteiger charge is 2.09. The second-order valence-electron chi connectivity index (χ2n) is 4.44. The second-order valence-corrected chi connectivity index (χ2v) is 6.64. The first-order valence-corrected chi connectivity index (χ1v) is 8.30. The number of hydrogen-bond donors (Lipinski definition) is 2. The molecule has 2 aromatic rings. The SMILES string of the molecule is CCCCNC(=O)CSc1nc2sc(C)cc2c(=O)[nH]1. The predicted molar refractivity (Wildman–Crippen MR) is 83.6 cm³/mol. The molecule has 0 bridgehead atoms. The molecule has 108 valence electrons. The van der Waals surface area contributed by atoms with Crippen molar-refractivity contribution >= 4 is 39.2 Å². The van der Waals surface area contributed by atoms with Crippen molar-refractivity contribution < 1.29 is 4.79 Å². The van der Waals surface area contributed by atoms with E-state index in [1.807, 2.05) is 13.0 Å². The van der Waals surface area contributed by atoms with Crippen LogP contribution in [0.4, 0.5) is 0 Å². The number of carbonyl (C=O) groups is 1. The Morgan fingerprint density at radius 1 is 1.55 bits per heavy atom. The van der Waals surface area contributed by atoms with E-state index in [-0.39, 0.29) is 17.2 Å². The Morgan fingerprint density at radius 3 is 3.10 bits per heavy atom. The molecule has 0 saturated heterocycles. The monoisotopic (exact) mass is 311 g/mol. The Bertz CT molecular complexity index is 663. The van der Waals surface area contributed by atoms with Gasteiger partial charge in [-0.2, -0.15) is 0 Å². The number of aryl methyl sites for hydroxylation is 1. The molecule has 0 aliphatic rings. The maximum absolute atomic E-state index is 11.9. The van der Waals surface area contributed by atoms with E-state index in [1.165, 1.54) is 23.1 Å². The van der Waals surface area contributed by atoms with Gasteiger partial charge in [-0.25, -0.2) is 4.98 Å². The van der Waals surface area contributed by atoms with Gasteiger partial charge in [-0.3, -0.25) is 9.59 Å². The number of rotatable bonds is 6. The van der Waals surface area contributed by atoms with Gasteiger partial charge in [-0.15, -0.1) is 11.3 Å². The van der Waals surface area contributed by atoms with Crippen molar-refractivity contribution in [3.05, 3.63) is 21.3 Å². The van der Waals surface area contributed by atoms with Crippen LogP contribution in [0.2, 0.25) is 0 Å². The van der Waals surface area contributed by atoms with Crippen LogP contribution in [0.1, 0.15) is 24.6 Å². The summed E-state index contributed by atoms with van der Waals surface area (Å²) in [6.45, 7) is 4.72. The molecule has 1 amide bonds. The summed E-state index contributed by atoms with van der Waals surface area (Å²) >= 11 is 2.74. The molecule has 0 saturated carbocycles. The van der Waals surface area contributed by atoms with Crippen LogP contribution in [-0.2, 0) is 4.79 Å². The molecule has 0 radical (unpaired) electrons. The van der Waals surface area contributed by atoms with E-state index in [4.69, 9.17) is 0 Å². The van der Waals surface area contributed by atoms with Crippen LogP contribution in [0.3, 0.4) is 0 Å². The molecule has 0 spiro atoms. The normalized spacial score (nSPS) is 10.9. The second kappa shape index (κ2) is 6.90.